The predicted molar refractivity (Wildman–Crippen MR) is 125 cm³/mol. The number of halogens is 1. The molecule has 3 aromatic carbocycles. The highest BCUT2D eigenvalue weighted by molar-refractivity contribution is 6.30. The van der Waals surface area contributed by atoms with Crippen molar-refractivity contribution in [2.24, 2.45) is 0 Å². The zero-order valence-corrected chi connectivity index (χ0v) is 18.9. The molecule has 4 amide bonds. The lowest BCUT2D eigenvalue weighted by molar-refractivity contribution is -0.122. The van der Waals surface area contributed by atoms with Crippen molar-refractivity contribution in [2.75, 3.05) is 12.0 Å². The molecule has 4 rings (SSSR count). The van der Waals surface area contributed by atoms with E-state index in [-0.39, 0.29) is 23.3 Å². The van der Waals surface area contributed by atoms with E-state index in [9.17, 15) is 19.2 Å². The zero-order valence-electron chi connectivity index (χ0n) is 18.1. The predicted octanol–water partition coefficient (Wildman–Crippen LogP) is 3.47. The molecule has 0 aromatic heterocycles. The van der Waals surface area contributed by atoms with Gasteiger partial charge in [-0.2, -0.15) is 0 Å². The monoisotopic (exact) mass is 477 g/mol. The van der Waals surface area contributed by atoms with Gasteiger partial charge < -0.3 is 4.74 Å². The number of benzene rings is 3. The van der Waals surface area contributed by atoms with Gasteiger partial charge in [0.1, 0.15) is 11.8 Å². The first kappa shape index (κ1) is 23.0. The van der Waals surface area contributed by atoms with Gasteiger partial charge in [-0.25, -0.2) is 9.91 Å². The second kappa shape index (κ2) is 9.76. The molecule has 9 heteroatoms. The minimum absolute atomic E-state index is 0.125. The summed E-state index contributed by atoms with van der Waals surface area (Å²) in [4.78, 5) is 53.6. The number of nitrogens with zero attached hydrogens (tertiary/aromatic N) is 2. The van der Waals surface area contributed by atoms with E-state index in [1.807, 2.05) is 0 Å². The summed E-state index contributed by atoms with van der Waals surface area (Å²) in [5.41, 5.74) is 3.24. The van der Waals surface area contributed by atoms with Gasteiger partial charge in [0, 0.05) is 10.6 Å². The number of hydrazine groups is 1. The Morgan fingerprint density at radius 1 is 0.971 bits per heavy atom. The van der Waals surface area contributed by atoms with Gasteiger partial charge in [-0.15, -0.1) is 0 Å². The lowest BCUT2D eigenvalue weighted by Crippen LogP contribution is -2.54. The third-order valence-corrected chi connectivity index (χ3v) is 5.59. The third kappa shape index (κ3) is 4.49. The van der Waals surface area contributed by atoms with Gasteiger partial charge in [-0.3, -0.25) is 24.6 Å². The molecule has 3 aromatic rings. The Labute approximate surface area is 200 Å². The van der Waals surface area contributed by atoms with Crippen molar-refractivity contribution in [3.05, 3.63) is 95.0 Å². The number of carbonyl (C=O) groups excluding carboxylic acids is 4. The molecule has 0 saturated carbocycles. The number of nitrogens with one attached hydrogen (secondary N) is 1. The fourth-order valence-electron chi connectivity index (χ4n) is 3.66. The van der Waals surface area contributed by atoms with Crippen molar-refractivity contribution in [3.63, 3.8) is 0 Å². The average molecular weight is 478 g/mol. The standard InChI is InChI=1S/C25H20ClN3O5/c1-34-21-10-6-5-9-19(21)24(32)29(27-23(31)16-11-13-17(26)14-12-16)20-15-22(30)28(25(20)33)18-7-3-2-4-8-18/h2-14,20H,15H2,1H3,(H,27,31). The second-order valence-corrected chi connectivity index (χ2v) is 7.88. The molecule has 8 nitrogen and oxygen atoms in total. The molecule has 0 bridgehead atoms. The van der Waals surface area contributed by atoms with E-state index < -0.39 is 29.7 Å². The minimum Gasteiger partial charge on any atom is -0.496 e. The molecular weight excluding hydrogens is 458 g/mol. The van der Waals surface area contributed by atoms with Crippen LogP contribution in [-0.4, -0.2) is 41.8 Å². The van der Waals surface area contributed by atoms with Crippen molar-refractivity contribution in [1.29, 1.82) is 0 Å². The van der Waals surface area contributed by atoms with Crippen LogP contribution in [0.5, 0.6) is 5.75 Å². The van der Waals surface area contributed by atoms with Crippen LogP contribution in [0.3, 0.4) is 0 Å². The summed E-state index contributed by atoms with van der Waals surface area (Å²) >= 11 is 5.90. The molecule has 1 aliphatic rings. The van der Waals surface area contributed by atoms with Crippen LogP contribution >= 0.6 is 11.6 Å². The van der Waals surface area contributed by atoms with Crippen molar-refractivity contribution < 1.29 is 23.9 Å². The maximum Gasteiger partial charge on any atom is 0.276 e. The number of hydrogen-bond donors (Lipinski definition) is 1. The molecule has 1 heterocycles. The quantitative estimate of drug-likeness (QED) is 0.448. The number of methoxy groups -OCH3 is 1. The number of carbonyl (C=O) groups is 4. The van der Waals surface area contributed by atoms with Gasteiger partial charge in [0.2, 0.25) is 5.91 Å². The van der Waals surface area contributed by atoms with Gasteiger partial charge in [-0.05, 0) is 48.5 Å². The number of hydrogen-bond acceptors (Lipinski definition) is 5. The van der Waals surface area contributed by atoms with Crippen LogP contribution in [0.2, 0.25) is 5.02 Å². The van der Waals surface area contributed by atoms with Gasteiger partial charge in [0.05, 0.1) is 24.8 Å². The number of anilines is 1. The highest BCUT2D eigenvalue weighted by Gasteiger charge is 2.45. The number of rotatable bonds is 5. The smallest absolute Gasteiger partial charge is 0.276 e. The number of para-hydroxylation sites is 2. The minimum atomic E-state index is -1.25. The number of amides is 4. The van der Waals surface area contributed by atoms with Crippen LogP contribution in [0.1, 0.15) is 27.1 Å². The number of ether oxygens (including phenoxy) is 1. The lowest BCUT2D eigenvalue weighted by Gasteiger charge is -2.28. The summed E-state index contributed by atoms with van der Waals surface area (Å²) in [7, 11) is 1.41. The SMILES string of the molecule is COc1ccccc1C(=O)N(NC(=O)c1ccc(Cl)cc1)C1CC(=O)N(c2ccccc2)C1=O. The highest BCUT2D eigenvalue weighted by atomic mass is 35.5. The summed E-state index contributed by atoms with van der Waals surface area (Å²) < 4.78 is 5.28. The normalized spacial score (nSPS) is 15.2. The van der Waals surface area contributed by atoms with E-state index in [2.05, 4.69) is 5.43 Å². The van der Waals surface area contributed by atoms with Crippen LogP contribution in [0.15, 0.2) is 78.9 Å². The second-order valence-electron chi connectivity index (χ2n) is 7.45. The maximum atomic E-state index is 13.6. The summed E-state index contributed by atoms with van der Waals surface area (Å²) in [6, 6.07) is 19.6. The Hall–Kier alpha value is -4.17. The fourth-order valence-corrected chi connectivity index (χ4v) is 3.79. The topological polar surface area (TPSA) is 96.0 Å². The molecular formula is C25H20ClN3O5. The molecule has 1 unspecified atom stereocenters. The molecule has 172 valence electrons. The average Bonchev–Trinajstić information content (AvgIpc) is 3.16. The van der Waals surface area contributed by atoms with Crippen molar-refractivity contribution >= 4 is 40.9 Å². The first-order valence-corrected chi connectivity index (χ1v) is 10.7. The van der Waals surface area contributed by atoms with E-state index >= 15 is 0 Å². The molecule has 0 spiro atoms. The zero-order chi connectivity index (χ0) is 24.2. The Balaban J connectivity index is 1.71. The maximum absolute atomic E-state index is 13.6. The first-order chi connectivity index (χ1) is 16.4. The Morgan fingerprint density at radius 2 is 1.62 bits per heavy atom. The molecule has 0 aliphatic carbocycles. The van der Waals surface area contributed by atoms with Crippen LogP contribution < -0.4 is 15.1 Å². The van der Waals surface area contributed by atoms with Crippen molar-refractivity contribution in [2.45, 2.75) is 12.5 Å². The summed E-state index contributed by atoms with van der Waals surface area (Å²) in [6.45, 7) is 0. The molecule has 1 saturated heterocycles. The van der Waals surface area contributed by atoms with Crippen molar-refractivity contribution in [3.8, 4) is 5.75 Å². The Kier molecular flexibility index (Phi) is 6.60. The molecule has 1 atom stereocenters. The first-order valence-electron chi connectivity index (χ1n) is 10.4. The van der Waals surface area contributed by atoms with E-state index in [0.29, 0.717) is 10.7 Å². The molecule has 1 N–H and O–H groups in total. The highest BCUT2D eigenvalue weighted by Crippen LogP contribution is 2.27. The Bertz CT molecular complexity index is 1250. The lowest BCUT2D eigenvalue weighted by atomic mass is 10.1. The van der Waals surface area contributed by atoms with Crippen LogP contribution in [0.4, 0.5) is 5.69 Å². The Morgan fingerprint density at radius 3 is 2.29 bits per heavy atom. The van der Waals surface area contributed by atoms with Crippen LogP contribution in [0.25, 0.3) is 0 Å². The van der Waals surface area contributed by atoms with E-state index in [4.69, 9.17) is 16.3 Å². The van der Waals surface area contributed by atoms with E-state index in [1.54, 1.807) is 48.5 Å². The van der Waals surface area contributed by atoms with Crippen LogP contribution in [0, 0.1) is 0 Å². The van der Waals surface area contributed by atoms with E-state index in [1.165, 1.54) is 37.4 Å². The van der Waals surface area contributed by atoms with Gasteiger partial charge >= 0.3 is 0 Å². The molecule has 1 fully saturated rings. The van der Waals surface area contributed by atoms with Crippen LogP contribution in [-0.2, 0) is 9.59 Å². The number of imide groups is 1. The molecule has 0 radical (unpaired) electrons. The summed E-state index contributed by atoms with van der Waals surface area (Å²) in [5.74, 6) is -2.19. The fraction of sp³-hybridized carbons (Fsp3) is 0.120. The largest absolute Gasteiger partial charge is 0.496 e. The third-order valence-electron chi connectivity index (χ3n) is 5.33. The van der Waals surface area contributed by atoms with Gasteiger partial charge in [-0.1, -0.05) is 41.9 Å². The summed E-state index contributed by atoms with van der Waals surface area (Å²) in [5, 5.41) is 1.34. The summed E-state index contributed by atoms with van der Waals surface area (Å²) in [6.07, 6.45) is -0.296. The van der Waals surface area contributed by atoms with Crippen molar-refractivity contribution in [1.82, 2.24) is 10.4 Å². The molecule has 34 heavy (non-hydrogen) atoms. The van der Waals surface area contributed by atoms with Gasteiger partial charge in [0.15, 0.2) is 0 Å². The molecule has 1 aliphatic heterocycles. The van der Waals surface area contributed by atoms with E-state index in [0.717, 1.165) is 9.91 Å². The van der Waals surface area contributed by atoms with Gasteiger partial charge in [0.25, 0.3) is 17.7 Å².